The van der Waals surface area contributed by atoms with Crippen LogP contribution >= 0.6 is 11.6 Å². The van der Waals surface area contributed by atoms with E-state index >= 15 is 0 Å². The molecule has 0 fully saturated rings. The number of hydrogen-bond acceptors (Lipinski definition) is 5. The van der Waals surface area contributed by atoms with E-state index in [2.05, 4.69) is 10.4 Å². The Hall–Kier alpha value is -3.39. The van der Waals surface area contributed by atoms with Crippen molar-refractivity contribution in [1.82, 2.24) is 15.1 Å². The summed E-state index contributed by atoms with van der Waals surface area (Å²) in [4.78, 5) is 22.4. The maximum absolute atomic E-state index is 12.2. The average molecular weight is 401 g/mol. The van der Waals surface area contributed by atoms with Crippen LogP contribution in [0.2, 0.25) is 5.02 Å². The molecule has 0 radical (unpaired) electrons. The number of carbonyl (C=O) groups excluding carboxylic acids is 1. The summed E-state index contributed by atoms with van der Waals surface area (Å²) in [6.07, 6.45) is 1.67. The van der Waals surface area contributed by atoms with Gasteiger partial charge in [0.25, 0.3) is 11.6 Å². The zero-order chi connectivity index (χ0) is 20.1. The highest BCUT2D eigenvalue weighted by Crippen LogP contribution is 2.29. The van der Waals surface area contributed by atoms with Gasteiger partial charge in [0.1, 0.15) is 12.4 Å². The van der Waals surface area contributed by atoms with Crippen molar-refractivity contribution >= 4 is 23.2 Å². The Morgan fingerprint density at radius 1 is 1.25 bits per heavy atom. The first kappa shape index (κ1) is 19.4. The van der Waals surface area contributed by atoms with E-state index in [-0.39, 0.29) is 23.2 Å². The van der Waals surface area contributed by atoms with Crippen LogP contribution < -0.4 is 10.1 Å². The van der Waals surface area contributed by atoms with Crippen molar-refractivity contribution in [3.05, 3.63) is 86.7 Å². The van der Waals surface area contributed by atoms with Gasteiger partial charge in [0.15, 0.2) is 0 Å². The third-order valence-electron chi connectivity index (χ3n) is 4.09. The highest BCUT2D eigenvalue weighted by atomic mass is 35.5. The Morgan fingerprint density at radius 3 is 2.61 bits per heavy atom. The van der Waals surface area contributed by atoms with Gasteiger partial charge in [0, 0.05) is 30.9 Å². The number of nitrogens with one attached hydrogen (secondary N) is 1. The smallest absolute Gasteiger partial charge is 0.271 e. The summed E-state index contributed by atoms with van der Waals surface area (Å²) in [7, 11) is 1.81. The van der Waals surface area contributed by atoms with Crippen molar-refractivity contribution < 1.29 is 14.5 Å². The lowest BCUT2D eigenvalue weighted by Crippen LogP contribution is -2.24. The molecule has 1 heterocycles. The van der Waals surface area contributed by atoms with Crippen LogP contribution in [-0.2, 0) is 20.2 Å². The molecule has 1 N–H and O–H groups in total. The van der Waals surface area contributed by atoms with Crippen molar-refractivity contribution in [2.24, 2.45) is 7.05 Å². The normalized spacial score (nSPS) is 10.5. The molecule has 0 saturated heterocycles. The number of aromatic nitrogens is 2. The van der Waals surface area contributed by atoms with Gasteiger partial charge in [-0.2, -0.15) is 5.10 Å². The summed E-state index contributed by atoms with van der Waals surface area (Å²) in [5.41, 5.74) is 2.16. The molecule has 9 heteroatoms. The SMILES string of the molecule is Cn1nccc1CNC(=O)c1ccc(COc2ccc([N+](=O)[O-])cc2Cl)cc1. The zero-order valence-corrected chi connectivity index (χ0v) is 15.7. The molecule has 0 aliphatic carbocycles. The number of nitro groups is 1. The minimum absolute atomic E-state index is 0.0983. The van der Waals surface area contributed by atoms with E-state index in [1.54, 1.807) is 35.1 Å². The fraction of sp³-hybridized carbons (Fsp3) is 0.158. The first-order chi connectivity index (χ1) is 13.4. The van der Waals surface area contributed by atoms with Crippen LogP contribution in [0.4, 0.5) is 5.69 Å². The van der Waals surface area contributed by atoms with Gasteiger partial charge in [0.05, 0.1) is 22.2 Å². The van der Waals surface area contributed by atoms with Gasteiger partial charge < -0.3 is 10.1 Å². The van der Waals surface area contributed by atoms with Crippen LogP contribution in [0.5, 0.6) is 5.75 Å². The van der Waals surface area contributed by atoms with Gasteiger partial charge in [-0.1, -0.05) is 23.7 Å². The second kappa shape index (κ2) is 8.53. The lowest BCUT2D eigenvalue weighted by atomic mass is 10.1. The van der Waals surface area contributed by atoms with E-state index in [9.17, 15) is 14.9 Å². The number of nitrogens with zero attached hydrogens (tertiary/aromatic N) is 3. The van der Waals surface area contributed by atoms with Crippen molar-refractivity contribution in [1.29, 1.82) is 0 Å². The predicted octanol–water partition coefficient (Wildman–Crippen LogP) is 3.49. The summed E-state index contributed by atoms with van der Waals surface area (Å²) in [5, 5.41) is 17.8. The van der Waals surface area contributed by atoms with Crippen LogP contribution in [0.25, 0.3) is 0 Å². The van der Waals surface area contributed by atoms with Crippen LogP contribution in [0, 0.1) is 10.1 Å². The molecule has 0 aliphatic heterocycles. The highest BCUT2D eigenvalue weighted by molar-refractivity contribution is 6.32. The van der Waals surface area contributed by atoms with Gasteiger partial charge >= 0.3 is 0 Å². The third-order valence-corrected chi connectivity index (χ3v) is 4.38. The number of amides is 1. The molecule has 144 valence electrons. The highest BCUT2D eigenvalue weighted by Gasteiger charge is 2.11. The minimum Gasteiger partial charge on any atom is -0.487 e. The largest absolute Gasteiger partial charge is 0.487 e. The second-order valence-electron chi connectivity index (χ2n) is 5.99. The summed E-state index contributed by atoms with van der Waals surface area (Å²) in [6.45, 7) is 0.604. The molecule has 0 unspecified atom stereocenters. The third kappa shape index (κ3) is 4.66. The number of aryl methyl sites for hydroxylation is 1. The molecule has 1 aromatic heterocycles. The van der Waals surface area contributed by atoms with Crippen LogP contribution in [-0.4, -0.2) is 20.6 Å². The molecule has 3 aromatic rings. The first-order valence-electron chi connectivity index (χ1n) is 8.35. The standard InChI is InChI=1S/C19H17ClN4O4/c1-23-16(8-9-22-23)11-21-19(25)14-4-2-13(3-5-14)12-28-18-7-6-15(24(26)27)10-17(18)20/h2-10H,11-12H2,1H3,(H,21,25). The van der Waals surface area contributed by atoms with Crippen LogP contribution in [0.1, 0.15) is 21.6 Å². The van der Waals surface area contributed by atoms with Gasteiger partial charge in [-0.25, -0.2) is 0 Å². The fourth-order valence-corrected chi connectivity index (χ4v) is 2.71. The van der Waals surface area contributed by atoms with E-state index in [1.165, 1.54) is 18.2 Å². The number of non-ortho nitro benzene ring substituents is 1. The van der Waals surface area contributed by atoms with E-state index in [4.69, 9.17) is 16.3 Å². The molecule has 2 aromatic carbocycles. The van der Waals surface area contributed by atoms with Crippen LogP contribution in [0.15, 0.2) is 54.7 Å². The number of nitro benzene ring substituents is 1. The molecular formula is C19H17ClN4O4. The molecule has 8 nitrogen and oxygen atoms in total. The predicted molar refractivity (Wildman–Crippen MR) is 103 cm³/mol. The van der Waals surface area contributed by atoms with Crippen molar-refractivity contribution in [3.8, 4) is 5.75 Å². The van der Waals surface area contributed by atoms with Crippen LogP contribution in [0.3, 0.4) is 0 Å². The lowest BCUT2D eigenvalue weighted by Gasteiger charge is -2.09. The zero-order valence-electron chi connectivity index (χ0n) is 15.0. The molecule has 0 bridgehead atoms. The molecule has 0 saturated carbocycles. The number of carbonyl (C=O) groups is 1. The fourth-order valence-electron chi connectivity index (χ4n) is 2.48. The number of ether oxygens (including phenoxy) is 1. The molecule has 0 spiro atoms. The topological polar surface area (TPSA) is 99.3 Å². The summed E-state index contributed by atoms with van der Waals surface area (Å²) >= 11 is 6.01. The summed E-state index contributed by atoms with van der Waals surface area (Å²) in [5.74, 6) is 0.164. The van der Waals surface area contributed by atoms with Gasteiger partial charge in [-0.05, 0) is 29.8 Å². The quantitative estimate of drug-likeness (QED) is 0.483. The number of rotatable bonds is 7. The first-order valence-corrected chi connectivity index (χ1v) is 8.72. The Bertz CT molecular complexity index is 1000. The van der Waals surface area contributed by atoms with E-state index in [0.717, 1.165) is 11.3 Å². The van der Waals surface area contributed by atoms with Gasteiger partial charge in [0.2, 0.25) is 0 Å². The second-order valence-corrected chi connectivity index (χ2v) is 6.39. The van der Waals surface area contributed by atoms with Crippen molar-refractivity contribution in [2.45, 2.75) is 13.2 Å². The number of hydrogen-bond donors (Lipinski definition) is 1. The average Bonchev–Trinajstić information content (AvgIpc) is 3.10. The minimum atomic E-state index is -0.520. The summed E-state index contributed by atoms with van der Waals surface area (Å²) < 4.78 is 7.30. The van der Waals surface area contributed by atoms with Gasteiger partial charge in [-0.15, -0.1) is 0 Å². The maximum atomic E-state index is 12.2. The van der Waals surface area contributed by atoms with Crippen molar-refractivity contribution in [2.75, 3.05) is 0 Å². The molecule has 3 rings (SSSR count). The Morgan fingerprint density at radius 2 is 2.00 bits per heavy atom. The lowest BCUT2D eigenvalue weighted by molar-refractivity contribution is -0.384. The van der Waals surface area contributed by atoms with E-state index in [0.29, 0.717) is 17.9 Å². The number of halogens is 1. The Balaban J connectivity index is 1.56. The Kier molecular flexibility index (Phi) is 5.90. The molecule has 0 atom stereocenters. The molecular weight excluding hydrogens is 384 g/mol. The summed E-state index contributed by atoms with van der Waals surface area (Å²) in [6, 6.07) is 12.8. The van der Waals surface area contributed by atoms with Gasteiger partial charge in [-0.3, -0.25) is 19.6 Å². The molecule has 0 aliphatic rings. The molecule has 28 heavy (non-hydrogen) atoms. The molecule has 1 amide bonds. The van der Waals surface area contributed by atoms with E-state index in [1.807, 2.05) is 13.1 Å². The maximum Gasteiger partial charge on any atom is 0.271 e. The van der Waals surface area contributed by atoms with Crippen molar-refractivity contribution in [3.63, 3.8) is 0 Å². The number of benzene rings is 2. The van der Waals surface area contributed by atoms with E-state index < -0.39 is 4.92 Å². The Labute approximate surface area is 165 Å². The monoisotopic (exact) mass is 400 g/mol.